The van der Waals surface area contributed by atoms with E-state index in [0.29, 0.717) is 6.54 Å². The van der Waals surface area contributed by atoms with Gasteiger partial charge in [0.25, 0.3) is 0 Å². The van der Waals surface area contributed by atoms with Gasteiger partial charge >= 0.3 is 0 Å². The molecule has 3 unspecified atom stereocenters. The first kappa shape index (κ1) is 14.9. The molecule has 1 aromatic rings. The number of rotatable bonds is 4. The van der Waals surface area contributed by atoms with Crippen LogP contribution in [-0.4, -0.2) is 12.5 Å². The second kappa shape index (κ2) is 6.31. The molecule has 20 heavy (non-hydrogen) atoms. The summed E-state index contributed by atoms with van der Waals surface area (Å²) in [5, 5.41) is 2.71. The van der Waals surface area contributed by atoms with Crippen molar-refractivity contribution < 1.29 is 13.6 Å². The Kier molecular flexibility index (Phi) is 4.70. The lowest BCUT2D eigenvalue weighted by Crippen LogP contribution is -2.37. The molecule has 3 nitrogen and oxygen atoms in total. The molecule has 0 aromatic heterocycles. The SMILES string of the molecule is CC(NC(=O)C1CCCC1CN)c1c(F)cccc1F. The summed E-state index contributed by atoms with van der Waals surface area (Å²) in [6, 6.07) is 3.01. The predicted octanol–water partition coefficient (Wildman–Crippen LogP) is 2.52. The lowest BCUT2D eigenvalue weighted by molar-refractivity contribution is -0.126. The van der Waals surface area contributed by atoms with Gasteiger partial charge < -0.3 is 11.1 Å². The third-order valence-electron chi connectivity index (χ3n) is 4.09. The average Bonchev–Trinajstić information content (AvgIpc) is 2.86. The van der Waals surface area contributed by atoms with Crippen LogP contribution in [0.15, 0.2) is 18.2 Å². The van der Waals surface area contributed by atoms with Gasteiger partial charge in [-0.25, -0.2) is 8.78 Å². The molecule has 1 aromatic carbocycles. The number of carbonyl (C=O) groups is 1. The van der Waals surface area contributed by atoms with E-state index in [1.807, 2.05) is 0 Å². The van der Waals surface area contributed by atoms with Crippen molar-refractivity contribution in [3.05, 3.63) is 35.4 Å². The summed E-state index contributed by atoms with van der Waals surface area (Å²) in [5.41, 5.74) is 5.56. The number of hydrogen-bond donors (Lipinski definition) is 2. The molecule has 0 aliphatic heterocycles. The van der Waals surface area contributed by atoms with Gasteiger partial charge in [0, 0.05) is 11.5 Å². The highest BCUT2D eigenvalue weighted by Crippen LogP contribution is 2.32. The Balaban J connectivity index is 2.08. The quantitative estimate of drug-likeness (QED) is 0.891. The van der Waals surface area contributed by atoms with Crippen LogP contribution in [0.25, 0.3) is 0 Å². The van der Waals surface area contributed by atoms with Gasteiger partial charge in [-0.2, -0.15) is 0 Å². The molecule has 5 heteroatoms. The molecular weight excluding hydrogens is 262 g/mol. The van der Waals surface area contributed by atoms with E-state index in [4.69, 9.17) is 5.73 Å². The Hall–Kier alpha value is -1.49. The van der Waals surface area contributed by atoms with Gasteiger partial charge in [-0.15, -0.1) is 0 Å². The summed E-state index contributed by atoms with van der Waals surface area (Å²) in [6.07, 6.45) is 2.71. The third-order valence-corrected chi connectivity index (χ3v) is 4.09. The molecular formula is C15H20F2N2O. The first-order chi connectivity index (χ1) is 9.54. The molecule has 0 bridgehead atoms. The molecule has 0 saturated heterocycles. The highest BCUT2D eigenvalue weighted by molar-refractivity contribution is 5.79. The van der Waals surface area contributed by atoms with Crippen LogP contribution in [0, 0.1) is 23.5 Å². The van der Waals surface area contributed by atoms with Gasteiger partial charge in [-0.3, -0.25) is 4.79 Å². The molecule has 1 fully saturated rings. The first-order valence-electron chi connectivity index (χ1n) is 6.99. The van der Waals surface area contributed by atoms with Crippen LogP contribution >= 0.6 is 0 Å². The van der Waals surface area contributed by atoms with E-state index in [1.54, 1.807) is 6.92 Å². The van der Waals surface area contributed by atoms with E-state index in [1.165, 1.54) is 18.2 Å². The van der Waals surface area contributed by atoms with Crippen molar-refractivity contribution in [3.63, 3.8) is 0 Å². The Labute approximate surface area is 117 Å². The number of halogens is 2. The minimum atomic E-state index is -0.692. The lowest BCUT2D eigenvalue weighted by Gasteiger charge is -2.21. The van der Waals surface area contributed by atoms with Crippen LogP contribution < -0.4 is 11.1 Å². The lowest BCUT2D eigenvalue weighted by atomic mass is 9.94. The number of amides is 1. The normalized spacial score (nSPS) is 23.6. The number of nitrogens with one attached hydrogen (secondary N) is 1. The monoisotopic (exact) mass is 282 g/mol. The molecule has 0 heterocycles. The molecule has 1 saturated carbocycles. The van der Waals surface area contributed by atoms with E-state index in [9.17, 15) is 13.6 Å². The van der Waals surface area contributed by atoms with E-state index >= 15 is 0 Å². The van der Waals surface area contributed by atoms with Crippen LogP contribution in [0.1, 0.15) is 37.8 Å². The van der Waals surface area contributed by atoms with Crippen LogP contribution in [0.5, 0.6) is 0 Å². The number of carbonyl (C=O) groups excluding carboxylic acids is 1. The van der Waals surface area contributed by atoms with Crippen molar-refractivity contribution in [2.24, 2.45) is 17.6 Å². The minimum Gasteiger partial charge on any atom is -0.349 e. The molecule has 110 valence electrons. The Bertz CT molecular complexity index is 473. The number of benzene rings is 1. The van der Waals surface area contributed by atoms with Gasteiger partial charge in [-0.1, -0.05) is 12.5 Å². The zero-order valence-corrected chi connectivity index (χ0v) is 11.5. The van der Waals surface area contributed by atoms with Crippen molar-refractivity contribution in [1.82, 2.24) is 5.32 Å². The molecule has 3 N–H and O–H groups in total. The predicted molar refractivity (Wildman–Crippen MR) is 72.8 cm³/mol. The standard InChI is InChI=1S/C15H20F2N2O/c1-9(14-12(16)6-3-7-13(14)17)19-15(20)11-5-2-4-10(11)8-18/h3,6-7,9-11H,2,4-5,8,18H2,1H3,(H,19,20). The van der Waals surface area contributed by atoms with E-state index in [0.717, 1.165) is 19.3 Å². The van der Waals surface area contributed by atoms with Crippen molar-refractivity contribution in [2.75, 3.05) is 6.54 Å². The number of hydrogen-bond acceptors (Lipinski definition) is 2. The topological polar surface area (TPSA) is 55.1 Å². The van der Waals surface area contributed by atoms with Crippen molar-refractivity contribution in [2.45, 2.75) is 32.2 Å². The van der Waals surface area contributed by atoms with Crippen molar-refractivity contribution in [3.8, 4) is 0 Å². The fourth-order valence-corrected chi connectivity index (χ4v) is 2.98. The molecule has 1 amide bonds. The zero-order chi connectivity index (χ0) is 14.7. The zero-order valence-electron chi connectivity index (χ0n) is 11.5. The van der Waals surface area contributed by atoms with Crippen LogP contribution in [0.3, 0.4) is 0 Å². The molecule has 0 radical (unpaired) electrons. The van der Waals surface area contributed by atoms with Gasteiger partial charge in [0.05, 0.1) is 6.04 Å². The van der Waals surface area contributed by atoms with Gasteiger partial charge in [-0.05, 0) is 44.4 Å². The molecule has 3 atom stereocenters. The summed E-state index contributed by atoms with van der Waals surface area (Å²) in [6.45, 7) is 2.06. The van der Waals surface area contributed by atoms with Crippen molar-refractivity contribution >= 4 is 5.91 Å². The molecule has 1 aliphatic rings. The summed E-state index contributed by atoms with van der Waals surface area (Å²) >= 11 is 0. The Morgan fingerprint density at radius 1 is 1.40 bits per heavy atom. The summed E-state index contributed by atoms with van der Waals surface area (Å²) in [7, 11) is 0. The Morgan fingerprint density at radius 3 is 2.65 bits per heavy atom. The van der Waals surface area contributed by atoms with E-state index < -0.39 is 17.7 Å². The number of nitrogens with two attached hydrogens (primary N) is 1. The largest absolute Gasteiger partial charge is 0.349 e. The van der Waals surface area contributed by atoms with Crippen LogP contribution in [0.4, 0.5) is 8.78 Å². The maximum Gasteiger partial charge on any atom is 0.223 e. The van der Waals surface area contributed by atoms with Gasteiger partial charge in [0.15, 0.2) is 0 Å². The smallest absolute Gasteiger partial charge is 0.223 e. The maximum atomic E-state index is 13.7. The maximum absolute atomic E-state index is 13.7. The second-order valence-corrected chi connectivity index (χ2v) is 5.40. The Morgan fingerprint density at radius 2 is 2.05 bits per heavy atom. The van der Waals surface area contributed by atoms with Gasteiger partial charge in [0.2, 0.25) is 5.91 Å². The highest BCUT2D eigenvalue weighted by atomic mass is 19.1. The fourth-order valence-electron chi connectivity index (χ4n) is 2.98. The highest BCUT2D eigenvalue weighted by Gasteiger charge is 2.33. The summed E-state index contributed by atoms with van der Waals surface area (Å²) in [4.78, 5) is 12.2. The average molecular weight is 282 g/mol. The van der Waals surface area contributed by atoms with E-state index in [-0.39, 0.29) is 23.3 Å². The van der Waals surface area contributed by atoms with Crippen LogP contribution in [0.2, 0.25) is 0 Å². The summed E-state index contributed by atoms with van der Waals surface area (Å²) in [5.74, 6) is -1.41. The molecule has 1 aliphatic carbocycles. The van der Waals surface area contributed by atoms with Gasteiger partial charge in [0.1, 0.15) is 11.6 Å². The van der Waals surface area contributed by atoms with Crippen LogP contribution in [-0.2, 0) is 4.79 Å². The van der Waals surface area contributed by atoms with E-state index in [2.05, 4.69) is 5.32 Å². The molecule has 2 rings (SSSR count). The second-order valence-electron chi connectivity index (χ2n) is 5.40. The minimum absolute atomic E-state index is 0.0943. The van der Waals surface area contributed by atoms with Crippen molar-refractivity contribution in [1.29, 1.82) is 0 Å². The summed E-state index contributed by atoms with van der Waals surface area (Å²) < 4.78 is 27.3. The first-order valence-corrected chi connectivity index (χ1v) is 6.99. The fraction of sp³-hybridized carbons (Fsp3) is 0.533. The molecule has 0 spiro atoms. The third kappa shape index (κ3) is 2.98.